The van der Waals surface area contributed by atoms with Crippen LogP contribution in [0.1, 0.15) is 11.1 Å². The van der Waals surface area contributed by atoms with Crippen LogP contribution in [0.2, 0.25) is 0 Å². The number of halogens is 3. The van der Waals surface area contributed by atoms with Crippen molar-refractivity contribution in [1.29, 1.82) is 5.26 Å². The van der Waals surface area contributed by atoms with E-state index in [2.05, 4.69) is 5.32 Å². The Hall–Kier alpha value is -2.48. The molecule has 0 saturated heterocycles. The number of benzene rings is 2. The molecule has 2 aromatic carbocycles. The molecule has 0 bridgehead atoms. The van der Waals surface area contributed by atoms with Gasteiger partial charge in [0.15, 0.2) is 0 Å². The fourth-order valence-electron chi connectivity index (χ4n) is 1.59. The number of alkyl halides is 3. The minimum atomic E-state index is -4.34. The summed E-state index contributed by atoms with van der Waals surface area (Å²) in [5.41, 5.74) is 0.787. The Balaban J connectivity index is 2.23. The van der Waals surface area contributed by atoms with Gasteiger partial charge in [0.1, 0.15) is 6.07 Å². The van der Waals surface area contributed by atoms with Crippen molar-refractivity contribution < 1.29 is 13.2 Å². The molecule has 0 aliphatic heterocycles. The van der Waals surface area contributed by atoms with Gasteiger partial charge < -0.3 is 5.32 Å². The molecular formula is C14H9F3N2. The van der Waals surface area contributed by atoms with Gasteiger partial charge in [-0.25, -0.2) is 0 Å². The average Bonchev–Trinajstić information content (AvgIpc) is 2.39. The molecular weight excluding hydrogens is 253 g/mol. The third-order valence-electron chi connectivity index (χ3n) is 2.54. The fraction of sp³-hybridized carbons (Fsp3) is 0.0714. The van der Waals surface area contributed by atoms with Crippen molar-refractivity contribution in [2.45, 2.75) is 6.18 Å². The molecule has 0 spiro atoms. The van der Waals surface area contributed by atoms with E-state index in [0.29, 0.717) is 16.9 Å². The normalized spacial score (nSPS) is 10.8. The standard InChI is InChI=1S/C14H9F3N2/c15-14(16,17)11-5-7-12(8-6-11)19-13-4-2-1-3-10(13)9-18/h1-8,19H. The zero-order valence-electron chi connectivity index (χ0n) is 9.70. The molecule has 96 valence electrons. The number of hydrogen-bond donors (Lipinski definition) is 1. The number of nitriles is 1. The molecule has 0 aromatic heterocycles. The summed E-state index contributed by atoms with van der Waals surface area (Å²) in [6.07, 6.45) is -4.34. The molecule has 0 unspecified atom stereocenters. The first-order valence-corrected chi connectivity index (χ1v) is 5.44. The Morgan fingerprint density at radius 2 is 1.58 bits per heavy atom. The molecule has 2 aromatic rings. The molecule has 0 atom stereocenters. The molecule has 0 aliphatic rings. The highest BCUT2D eigenvalue weighted by atomic mass is 19.4. The summed E-state index contributed by atoms with van der Waals surface area (Å²) >= 11 is 0. The summed E-state index contributed by atoms with van der Waals surface area (Å²) in [4.78, 5) is 0. The van der Waals surface area contributed by atoms with E-state index in [9.17, 15) is 13.2 Å². The SMILES string of the molecule is N#Cc1ccccc1Nc1ccc(C(F)(F)F)cc1. The zero-order chi connectivity index (χ0) is 13.9. The van der Waals surface area contributed by atoms with Crippen LogP contribution >= 0.6 is 0 Å². The van der Waals surface area contributed by atoms with Crippen LogP contribution in [0.3, 0.4) is 0 Å². The molecule has 2 nitrogen and oxygen atoms in total. The van der Waals surface area contributed by atoms with Gasteiger partial charge in [-0.2, -0.15) is 18.4 Å². The molecule has 0 amide bonds. The third kappa shape index (κ3) is 3.05. The van der Waals surface area contributed by atoms with E-state index in [1.807, 2.05) is 6.07 Å². The van der Waals surface area contributed by atoms with Crippen LogP contribution in [0, 0.1) is 11.3 Å². The van der Waals surface area contributed by atoms with E-state index in [1.54, 1.807) is 24.3 Å². The number of para-hydroxylation sites is 1. The monoisotopic (exact) mass is 262 g/mol. The van der Waals surface area contributed by atoms with Crippen molar-refractivity contribution >= 4 is 11.4 Å². The molecule has 0 radical (unpaired) electrons. The molecule has 19 heavy (non-hydrogen) atoms. The summed E-state index contributed by atoms with van der Waals surface area (Å²) in [5, 5.41) is 11.8. The maximum Gasteiger partial charge on any atom is 0.416 e. The maximum atomic E-state index is 12.4. The quantitative estimate of drug-likeness (QED) is 0.874. The minimum Gasteiger partial charge on any atom is -0.354 e. The van der Waals surface area contributed by atoms with E-state index in [0.717, 1.165) is 12.1 Å². The third-order valence-corrected chi connectivity index (χ3v) is 2.54. The summed E-state index contributed by atoms with van der Waals surface area (Å²) in [7, 11) is 0. The van der Waals surface area contributed by atoms with Gasteiger partial charge in [0, 0.05) is 5.69 Å². The highest BCUT2D eigenvalue weighted by Crippen LogP contribution is 2.30. The Morgan fingerprint density at radius 3 is 2.16 bits per heavy atom. The average molecular weight is 262 g/mol. The predicted molar refractivity (Wildman–Crippen MR) is 65.9 cm³/mol. The molecule has 2 rings (SSSR count). The van der Waals surface area contributed by atoms with Crippen LogP contribution in [0.15, 0.2) is 48.5 Å². The lowest BCUT2D eigenvalue weighted by Gasteiger charge is -2.10. The molecule has 0 heterocycles. The fourth-order valence-corrected chi connectivity index (χ4v) is 1.59. The van der Waals surface area contributed by atoms with E-state index >= 15 is 0 Å². The Morgan fingerprint density at radius 1 is 0.947 bits per heavy atom. The van der Waals surface area contributed by atoms with Crippen LogP contribution in [0.4, 0.5) is 24.5 Å². The molecule has 5 heteroatoms. The van der Waals surface area contributed by atoms with Crippen molar-refractivity contribution in [3.8, 4) is 6.07 Å². The summed E-state index contributed by atoms with van der Waals surface area (Å²) in [6, 6.07) is 13.4. The Kier molecular flexibility index (Phi) is 3.43. The first-order chi connectivity index (χ1) is 9.00. The zero-order valence-corrected chi connectivity index (χ0v) is 9.70. The van der Waals surface area contributed by atoms with Crippen LogP contribution in [-0.2, 0) is 6.18 Å². The lowest BCUT2D eigenvalue weighted by Crippen LogP contribution is -2.04. The smallest absolute Gasteiger partial charge is 0.354 e. The summed E-state index contributed by atoms with van der Waals surface area (Å²) in [6.45, 7) is 0. The van der Waals surface area contributed by atoms with Crippen molar-refractivity contribution in [2.75, 3.05) is 5.32 Å². The van der Waals surface area contributed by atoms with Gasteiger partial charge in [-0.1, -0.05) is 12.1 Å². The van der Waals surface area contributed by atoms with Crippen LogP contribution in [0.25, 0.3) is 0 Å². The van der Waals surface area contributed by atoms with E-state index < -0.39 is 11.7 Å². The Bertz CT molecular complexity index is 610. The van der Waals surface area contributed by atoms with Gasteiger partial charge in [0.2, 0.25) is 0 Å². The van der Waals surface area contributed by atoms with Crippen LogP contribution in [0.5, 0.6) is 0 Å². The highest BCUT2D eigenvalue weighted by Gasteiger charge is 2.29. The van der Waals surface area contributed by atoms with Gasteiger partial charge in [-0.3, -0.25) is 0 Å². The van der Waals surface area contributed by atoms with Gasteiger partial charge in [-0.15, -0.1) is 0 Å². The van der Waals surface area contributed by atoms with Gasteiger partial charge >= 0.3 is 6.18 Å². The Labute approximate surface area is 108 Å². The number of nitrogens with zero attached hydrogens (tertiary/aromatic N) is 1. The lowest BCUT2D eigenvalue weighted by molar-refractivity contribution is -0.137. The van der Waals surface area contributed by atoms with Crippen molar-refractivity contribution in [3.63, 3.8) is 0 Å². The molecule has 0 aliphatic carbocycles. The summed E-state index contributed by atoms with van der Waals surface area (Å²) in [5.74, 6) is 0. The first kappa shape index (κ1) is 13.0. The largest absolute Gasteiger partial charge is 0.416 e. The number of rotatable bonds is 2. The highest BCUT2D eigenvalue weighted by molar-refractivity contribution is 5.66. The van der Waals surface area contributed by atoms with Gasteiger partial charge in [0.25, 0.3) is 0 Å². The maximum absolute atomic E-state index is 12.4. The molecule has 1 N–H and O–H groups in total. The topological polar surface area (TPSA) is 35.8 Å². The minimum absolute atomic E-state index is 0.433. The predicted octanol–water partition coefficient (Wildman–Crippen LogP) is 4.32. The molecule has 0 fully saturated rings. The van der Waals surface area contributed by atoms with E-state index in [4.69, 9.17) is 5.26 Å². The number of anilines is 2. The van der Waals surface area contributed by atoms with Crippen molar-refractivity contribution in [2.24, 2.45) is 0 Å². The van der Waals surface area contributed by atoms with E-state index in [1.165, 1.54) is 12.1 Å². The van der Waals surface area contributed by atoms with Gasteiger partial charge in [0.05, 0.1) is 16.8 Å². The lowest BCUT2D eigenvalue weighted by atomic mass is 10.1. The van der Waals surface area contributed by atoms with Crippen molar-refractivity contribution in [3.05, 3.63) is 59.7 Å². The number of nitrogens with one attached hydrogen (secondary N) is 1. The van der Waals surface area contributed by atoms with Gasteiger partial charge in [-0.05, 0) is 36.4 Å². The van der Waals surface area contributed by atoms with E-state index in [-0.39, 0.29) is 0 Å². The van der Waals surface area contributed by atoms with Crippen LogP contribution in [-0.4, -0.2) is 0 Å². The summed E-state index contributed by atoms with van der Waals surface area (Å²) < 4.78 is 37.2. The van der Waals surface area contributed by atoms with Crippen molar-refractivity contribution in [1.82, 2.24) is 0 Å². The second kappa shape index (κ2) is 5.02. The second-order valence-electron chi connectivity index (χ2n) is 3.86. The molecule has 0 saturated carbocycles. The number of hydrogen-bond acceptors (Lipinski definition) is 2. The van der Waals surface area contributed by atoms with Crippen LogP contribution < -0.4 is 5.32 Å². The second-order valence-corrected chi connectivity index (χ2v) is 3.86. The first-order valence-electron chi connectivity index (χ1n) is 5.44.